The number of amides is 1. The number of carbonyl (C=O) groups excluding carboxylic acids is 1. The van der Waals surface area contributed by atoms with Gasteiger partial charge in [0.05, 0.1) is 6.10 Å². The molecule has 25 heavy (non-hydrogen) atoms. The van der Waals surface area contributed by atoms with Crippen LogP contribution in [0.3, 0.4) is 0 Å². The summed E-state index contributed by atoms with van der Waals surface area (Å²) in [7, 11) is 2.14. The van der Waals surface area contributed by atoms with Gasteiger partial charge in [-0.3, -0.25) is 4.79 Å². The topological polar surface area (TPSA) is 55.8 Å². The second-order valence-corrected chi connectivity index (χ2v) is 7.64. The molecule has 2 aliphatic rings. The molecular weight excluding hydrogens is 314 g/mol. The van der Waals surface area contributed by atoms with Crippen molar-refractivity contribution in [1.82, 2.24) is 15.1 Å². The third-order valence-corrected chi connectivity index (χ3v) is 5.61. The van der Waals surface area contributed by atoms with Crippen LogP contribution >= 0.6 is 0 Å². The lowest BCUT2D eigenvalue weighted by Gasteiger charge is -2.38. The van der Waals surface area contributed by atoms with E-state index in [0.29, 0.717) is 12.3 Å². The van der Waals surface area contributed by atoms with E-state index >= 15 is 0 Å². The minimum atomic E-state index is -0.189. The summed E-state index contributed by atoms with van der Waals surface area (Å²) in [5.41, 5.74) is 1.24. The maximum atomic E-state index is 12.5. The number of carbonyl (C=O) groups is 1. The third kappa shape index (κ3) is 5.53. The van der Waals surface area contributed by atoms with Crippen molar-refractivity contribution >= 4 is 5.91 Å². The van der Waals surface area contributed by atoms with Gasteiger partial charge in [0.25, 0.3) is 0 Å². The molecule has 1 saturated carbocycles. The Balaban J connectivity index is 1.48. The van der Waals surface area contributed by atoms with E-state index in [1.807, 2.05) is 18.2 Å². The van der Waals surface area contributed by atoms with Crippen molar-refractivity contribution < 1.29 is 9.90 Å². The molecule has 2 N–H and O–H groups in total. The average molecular weight is 345 g/mol. The molecule has 1 atom stereocenters. The van der Waals surface area contributed by atoms with Crippen LogP contribution in [0.5, 0.6) is 0 Å². The molecule has 3 rings (SSSR count). The second-order valence-electron chi connectivity index (χ2n) is 7.64. The summed E-state index contributed by atoms with van der Waals surface area (Å²) in [5, 5.41) is 12.9. The molecule has 1 aromatic carbocycles. The smallest absolute Gasteiger partial charge is 0.221 e. The highest BCUT2D eigenvalue weighted by molar-refractivity contribution is 5.76. The Morgan fingerprint density at radius 1 is 1.20 bits per heavy atom. The van der Waals surface area contributed by atoms with Crippen LogP contribution in [-0.2, 0) is 11.2 Å². The lowest BCUT2D eigenvalue weighted by atomic mass is 9.75. The van der Waals surface area contributed by atoms with E-state index in [0.717, 1.165) is 52.0 Å². The van der Waals surface area contributed by atoms with E-state index in [-0.39, 0.29) is 18.1 Å². The van der Waals surface area contributed by atoms with Gasteiger partial charge in [-0.25, -0.2) is 0 Å². The summed E-state index contributed by atoms with van der Waals surface area (Å²) in [6.45, 7) is 5.10. The van der Waals surface area contributed by atoms with Gasteiger partial charge < -0.3 is 20.2 Å². The van der Waals surface area contributed by atoms with Gasteiger partial charge in [-0.15, -0.1) is 0 Å². The number of aliphatic hydroxyl groups is 1. The van der Waals surface area contributed by atoms with Gasteiger partial charge in [0, 0.05) is 45.2 Å². The number of benzene rings is 1. The first kappa shape index (κ1) is 18.4. The Hall–Kier alpha value is -1.43. The quantitative estimate of drug-likeness (QED) is 0.778. The fourth-order valence-electron chi connectivity index (χ4n) is 3.77. The maximum absolute atomic E-state index is 12.5. The van der Waals surface area contributed by atoms with Crippen molar-refractivity contribution in [2.45, 2.75) is 37.8 Å². The fraction of sp³-hybridized carbons (Fsp3) is 0.650. The highest BCUT2D eigenvalue weighted by Crippen LogP contribution is 2.31. The summed E-state index contributed by atoms with van der Waals surface area (Å²) in [6, 6.07) is 10.4. The van der Waals surface area contributed by atoms with Crippen molar-refractivity contribution in [1.29, 1.82) is 0 Å². The van der Waals surface area contributed by atoms with Crippen LogP contribution < -0.4 is 5.32 Å². The van der Waals surface area contributed by atoms with Gasteiger partial charge >= 0.3 is 0 Å². The van der Waals surface area contributed by atoms with Crippen LogP contribution in [0.2, 0.25) is 0 Å². The lowest BCUT2D eigenvalue weighted by molar-refractivity contribution is -0.123. The Kier molecular flexibility index (Phi) is 6.45. The average Bonchev–Trinajstić information content (AvgIpc) is 2.59. The molecular formula is C20H31N3O2. The summed E-state index contributed by atoms with van der Waals surface area (Å²) < 4.78 is 0. The Morgan fingerprint density at radius 2 is 1.88 bits per heavy atom. The number of likely N-dealkylation sites (N-methyl/N-ethyl adjacent to an activating group) is 1. The van der Waals surface area contributed by atoms with Gasteiger partial charge in [-0.05, 0) is 37.8 Å². The predicted octanol–water partition coefficient (Wildman–Crippen LogP) is 1.12. The minimum Gasteiger partial charge on any atom is -0.393 e. The molecule has 5 heteroatoms. The molecule has 138 valence electrons. The van der Waals surface area contributed by atoms with Crippen molar-refractivity contribution in [3.05, 3.63) is 35.9 Å². The SMILES string of the molecule is CN1CCN(CCC(=O)N[C@@H](Cc2ccccc2)C2CC(O)C2)CC1. The number of nitrogens with one attached hydrogen (secondary N) is 1. The van der Waals surface area contributed by atoms with E-state index in [1.165, 1.54) is 5.56 Å². The second kappa shape index (κ2) is 8.79. The van der Waals surface area contributed by atoms with E-state index < -0.39 is 0 Å². The van der Waals surface area contributed by atoms with Gasteiger partial charge in [0.1, 0.15) is 0 Å². The molecule has 0 radical (unpaired) electrons. The highest BCUT2D eigenvalue weighted by atomic mass is 16.3. The monoisotopic (exact) mass is 345 g/mol. The molecule has 1 saturated heterocycles. The molecule has 1 aromatic rings. The van der Waals surface area contributed by atoms with Crippen LogP contribution in [0.4, 0.5) is 0 Å². The Bertz CT molecular complexity index is 537. The van der Waals surface area contributed by atoms with Crippen molar-refractivity contribution in [2.24, 2.45) is 5.92 Å². The van der Waals surface area contributed by atoms with Crippen molar-refractivity contribution in [3.8, 4) is 0 Å². The largest absolute Gasteiger partial charge is 0.393 e. The minimum absolute atomic E-state index is 0.130. The molecule has 5 nitrogen and oxygen atoms in total. The first-order valence-electron chi connectivity index (χ1n) is 9.52. The van der Waals surface area contributed by atoms with Crippen LogP contribution in [-0.4, -0.2) is 72.7 Å². The lowest BCUT2D eigenvalue weighted by Crippen LogP contribution is -2.49. The zero-order chi connectivity index (χ0) is 17.6. The molecule has 0 spiro atoms. The molecule has 1 aliphatic carbocycles. The normalized spacial score (nSPS) is 26.0. The summed E-state index contributed by atoms with van der Waals surface area (Å²) in [6.07, 6.45) is 2.82. The van der Waals surface area contributed by atoms with Crippen molar-refractivity contribution in [3.63, 3.8) is 0 Å². The van der Waals surface area contributed by atoms with Gasteiger partial charge in [0.2, 0.25) is 5.91 Å². The van der Waals surface area contributed by atoms with Crippen LogP contribution in [0.25, 0.3) is 0 Å². The number of piperazine rings is 1. The maximum Gasteiger partial charge on any atom is 0.221 e. The number of nitrogens with zero attached hydrogens (tertiary/aromatic N) is 2. The molecule has 0 bridgehead atoms. The molecule has 1 aliphatic heterocycles. The van der Waals surface area contributed by atoms with Crippen LogP contribution in [0, 0.1) is 5.92 Å². The fourth-order valence-corrected chi connectivity index (χ4v) is 3.77. The van der Waals surface area contributed by atoms with Gasteiger partial charge in [-0.1, -0.05) is 30.3 Å². The highest BCUT2D eigenvalue weighted by Gasteiger charge is 2.34. The molecule has 0 unspecified atom stereocenters. The molecule has 1 amide bonds. The number of rotatable bonds is 7. The first-order chi connectivity index (χ1) is 12.1. The first-order valence-corrected chi connectivity index (χ1v) is 9.52. The van der Waals surface area contributed by atoms with Gasteiger partial charge in [-0.2, -0.15) is 0 Å². The standard InChI is InChI=1S/C20H31N3O2/c1-22-9-11-23(12-10-22)8-7-20(25)21-19(17-14-18(24)15-17)13-16-5-3-2-4-6-16/h2-6,17-19,24H,7-15H2,1H3,(H,21,25)/t17?,18?,19-/m0/s1. The predicted molar refractivity (Wildman–Crippen MR) is 99.4 cm³/mol. The van der Waals surface area contributed by atoms with E-state index in [9.17, 15) is 9.90 Å². The number of hydrogen-bond donors (Lipinski definition) is 2. The summed E-state index contributed by atoms with van der Waals surface area (Å²) >= 11 is 0. The Morgan fingerprint density at radius 3 is 2.52 bits per heavy atom. The van der Waals surface area contributed by atoms with Crippen molar-refractivity contribution in [2.75, 3.05) is 39.8 Å². The Labute approximate surface area is 151 Å². The molecule has 0 aromatic heterocycles. The van der Waals surface area contributed by atoms with Crippen LogP contribution in [0.1, 0.15) is 24.8 Å². The summed E-state index contributed by atoms with van der Waals surface area (Å²) in [5.74, 6) is 0.532. The molecule has 2 fully saturated rings. The zero-order valence-corrected chi connectivity index (χ0v) is 15.2. The molecule has 1 heterocycles. The zero-order valence-electron chi connectivity index (χ0n) is 15.2. The number of hydrogen-bond acceptors (Lipinski definition) is 4. The van der Waals surface area contributed by atoms with E-state index in [4.69, 9.17) is 0 Å². The van der Waals surface area contributed by atoms with E-state index in [1.54, 1.807) is 0 Å². The number of aliphatic hydroxyl groups excluding tert-OH is 1. The van der Waals surface area contributed by atoms with Crippen LogP contribution in [0.15, 0.2) is 30.3 Å². The van der Waals surface area contributed by atoms with Gasteiger partial charge in [0.15, 0.2) is 0 Å². The summed E-state index contributed by atoms with van der Waals surface area (Å²) in [4.78, 5) is 17.2. The third-order valence-electron chi connectivity index (χ3n) is 5.61. The van der Waals surface area contributed by atoms with E-state index in [2.05, 4.69) is 34.3 Å².